The van der Waals surface area contributed by atoms with Gasteiger partial charge in [0.2, 0.25) is 5.52 Å². The first kappa shape index (κ1) is 22.0. The summed E-state index contributed by atoms with van der Waals surface area (Å²) < 4.78 is 43.3. The molecule has 4 rings (SSSR count). The highest BCUT2D eigenvalue weighted by Crippen LogP contribution is 2.38. The van der Waals surface area contributed by atoms with Gasteiger partial charge >= 0.3 is 0 Å². The average Bonchev–Trinajstić information content (AvgIpc) is 3.36. The molecule has 0 saturated heterocycles. The van der Waals surface area contributed by atoms with E-state index in [-0.39, 0.29) is 12.2 Å². The normalized spacial score (nSPS) is 12.4. The van der Waals surface area contributed by atoms with Crippen molar-refractivity contribution in [2.75, 3.05) is 12.9 Å². The average molecular weight is 474 g/mol. The molecule has 5 nitrogen and oxygen atoms in total. The Kier molecular flexibility index (Phi) is 6.43. The zero-order chi connectivity index (χ0) is 22.0. The lowest BCUT2D eigenvalue weighted by Crippen LogP contribution is -2.36. The van der Waals surface area contributed by atoms with Crippen LogP contribution >= 0.6 is 22.7 Å². The van der Waals surface area contributed by atoms with Crippen LogP contribution < -0.4 is 9.30 Å². The molecule has 0 spiro atoms. The lowest BCUT2D eigenvalue weighted by Gasteiger charge is -2.05. The van der Waals surface area contributed by atoms with Crippen LogP contribution in [0, 0.1) is 0 Å². The van der Waals surface area contributed by atoms with Crippen LogP contribution in [0.5, 0.6) is 5.75 Å². The predicted octanol–water partition coefficient (Wildman–Crippen LogP) is 5.08. The number of ether oxygens (including phenoxy) is 1. The van der Waals surface area contributed by atoms with E-state index >= 15 is 0 Å². The third-order valence-electron chi connectivity index (χ3n) is 5.19. The van der Waals surface area contributed by atoms with Gasteiger partial charge in [0.25, 0.3) is 5.01 Å². The van der Waals surface area contributed by atoms with Crippen LogP contribution in [0.3, 0.4) is 0 Å². The van der Waals surface area contributed by atoms with Crippen molar-refractivity contribution in [2.45, 2.75) is 26.3 Å². The van der Waals surface area contributed by atoms with Gasteiger partial charge < -0.3 is 9.29 Å². The van der Waals surface area contributed by atoms with Gasteiger partial charge in [0, 0.05) is 29.7 Å². The smallest absolute Gasteiger partial charge is 0.262 e. The molecule has 4 aromatic rings. The fraction of sp³-hybridized carbons (Fsp3) is 0.261. The quantitative estimate of drug-likeness (QED) is 0.264. The van der Waals surface area contributed by atoms with Gasteiger partial charge in [-0.3, -0.25) is 0 Å². The van der Waals surface area contributed by atoms with E-state index in [1.165, 1.54) is 5.56 Å². The maximum Gasteiger partial charge on any atom is 0.262 e. The highest BCUT2D eigenvalue weighted by atomic mass is 32.2. The van der Waals surface area contributed by atoms with E-state index in [9.17, 15) is 13.0 Å². The van der Waals surface area contributed by atoms with E-state index < -0.39 is 10.1 Å². The van der Waals surface area contributed by atoms with Crippen LogP contribution in [0.2, 0.25) is 0 Å². The van der Waals surface area contributed by atoms with Crippen LogP contribution in [0.15, 0.2) is 41.8 Å². The summed E-state index contributed by atoms with van der Waals surface area (Å²) in [6.07, 6.45) is 5.39. The summed E-state index contributed by atoms with van der Waals surface area (Å²) in [6, 6.07) is 12.5. The van der Waals surface area contributed by atoms with Crippen LogP contribution in [-0.4, -0.2) is 25.8 Å². The number of benzene rings is 2. The molecule has 31 heavy (non-hydrogen) atoms. The van der Waals surface area contributed by atoms with Gasteiger partial charge in [0.15, 0.2) is 6.54 Å². The molecule has 0 amide bonds. The SMILES string of the molecule is CCc1ccc(/C=C/c2sc3cc(OC)c4ccsc4c3[n+]2CCCS(=O)(=O)[O-])cc1. The molecule has 0 aliphatic heterocycles. The van der Waals surface area contributed by atoms with E-state index in [1.807, 2.05) is 17.5 Å². The molecule has 0 bridgehead atoms. The Hall–Kier alpha value is -2.26. The van der Waals surface area contributed by atoms with Gasteiger partial charge in [-0.2, -0.15) is 4.57 Å². The minimum Gasteiger partial charge on any atom is -0.748 e. The number of aromatic nitrogens is 1. The van der Waals surface area contributed by atoms with Gasteiger partial charge in [0.05, 0.1) is 17.2 Å². The highest BCUT2D eigenvalue weighted by Gasteiger charge is 2.24. The number of hydrogen-bond donors (Lipinski definition) is 0. The molecule has 2 heterocycles. The number of nitrogens with zero attached hydrogens (tertiary/aromatic N) is 1. The molecular weight excluding hydrogens is 450 g/mol. The van der Waals surface area contributed by atoms with Gasteiger partial charge in [-0.1, -0.05) is 42.5 Å². The molecule has 2 aromatic carbocycles. The number of methoxy groups -OCH3 is 1. The summed E-state index contributed by atoms with van der Waals surface area (Å²) in [5, 5.41) is 4.07. The maximum absolute atomic E-state index is 11.1. The molecule has 0 radical (unpaired) electrons. The topological polar surface area (TPSA) is 70.3 Å². The molecule has 0 saturated carbocycles. The summed E-state index contributed by atoms with van der Waals surface area (Å²) in [7, 11) is -2.58. The molecule has 2 aromatic heterocycles. The molecule has 0 fully saturated rings. The standard InChI is InChI=1S/C23H23NO4S3/c1-3-16-5-7-17(8-6-16)9-10-21-24(12-4-14-31(25,26)27)22-20(30-21)15-19(28-2)18-11-13-29-23(18)22/h5-11,13,15H,3-4,12,14H2,1-2H3/b10-9+. The molecule has 0 aliphatic carbocycles. The van der Waals surface area contributed by atoms with Crippen molar-refractivity contribution in [3.8, 4) is 5.75 Å². The second-order valence-corrected chi connectivity index (χ2v) is 10.7. The molecular formula is C23H23NO4S3. The number of hydrogen-bond acceptors (Lipinski definition) is 6. The predicted molar refractivity (Wildman–Crippen MR) is 128 cm³/mol. The van der Waals surface area contributed by atoms with E-state index in [0.29, 0.717) is 6.54 Å². The van der Waals surface area contributed by atoms with Crippen LogP contribution in [-0.2, 0) is 23.1 Å². The zero-order valence-electron chi connectivity index (χ0n) is 17.3. The molecule has 162 valence electrons. The van der Waals surface area contributed by atoms with Gasteiger partial charge in [-0.15, -0.1) is 11.3 Å². The third kappa shape index (κ3) is 4.82. The Labute approximate surface area is 190 Å². The first-order valence-electron chi connectivity index (χ1n) is 10.0. The Morgan fingerprint density at radius 1 is 1.16 bits per heavy atom. The molecule has 0 unspecified atom stereocenters. The number of fused-ring (bicyclic) bond motifs is 3. The summed E-state index contributed by atoms with van der Waals surface area (Å²) in [6.45, 7) is 2.59. The Morgan fingerprint density at radius 2 is 1.94 bits per heavy atom. The Bertz CT molecular complexity index is 1350. The number of aryl methyl sites for hydroxylation is 2. The van der Waals surface area contributed by atoms with E-state index in [2.05, 4.69) is 47.9 Å². The Balaban J connectivity index is 1.80. The van der Waals surface area contributed by atoms with Crippen molar-refractivity contribution < 1.29 is 22.3 Å². The van der Waals surface area contributed by atoms with Crippen LogP contribution in [0.4, 0.5) is 0 Å². The second-order valence-electron chi connectivity index (χ2n) is 7.22. The summed E-state index contributed by atoms with van der Waals surface area (Å²) in [5.41, 5.74) is 3.45. The molecule has 0 N–H and O–H groups in total. The van der Waals surface area contributed by atoms with Crippen LogP contribution in [0.1, 0.15) is 29.5 Å². The summed E-state index contributed by atoms with van der Waals surface area (Å²) >= 11 is 3.26. The van der Waals surface area contributed by atoms with Gasteiger partial charge in [-0.25, -0.2) is 8.42 Å². The molecule has 8 heteroatoms. The number of thiazole rings is 1. The first-order chi connectivity index (χ1) is 14.9. The zero-order valence-corrected chi connectivity index (χ0v) is 19.8. The van der Waals surface area contributed by atoms with Crippen molar-refractivity contribution in [3.05, 3.63) is 57.9 Å². The highest BCUT2D eigenvalue weighted by molar-refractivity contribution is 7.85. The fourth-order valence-corrected chi connectivity index (χ4v) is 6.27. The first-order valence-corrected chi connectivity index (χ1v) is 13.3. The van der Waals surface area contributed by atoms with Crippen molar-refractivity contribution in [2.24, 2.45) is 0 Å². The minimum atomic E-state index is -4.24. The second kappa shape index (κ2) is 9.08. The molecule has 0 atom stereocenters. The van der Waals surface area contributed by atoms with E-state index in [1.54, 1.807) is 29.8 Å². The maximum atomic E-state index is 11.1. The number of rotatable bonds is 8. The van der Waals surface area contributed by atoms with Crippen molar-refractivity contribution in [1.29, 1.82) is 0 Å². The van der Waals surface area contributed by atoms with Gasteiger partial charge in [-0.05, 0) is 35.1 Å². The summed E-state index contributed by atoms with van der Waals surface area (Å²) in [4.78, 5) is 0. The van der Waals surface area contributed by atoms with E-state index in [4.69, 9.17) is 4.74 Å². The Morgan fingerprint density at radius 3 is 2.61 bits per heavy atom. The summed E-state index contributed by atoms with van der Waals surface area (Å²) in [5.74, 6) is 0.452. The lowest BCUT2D eigenvalue weighted by molar-refractivity contribution is -0.667. The van der Waals surface area contributed by atoms with Crippen molar-refractivity contribution >= 4 is 65.2 Å². The fourth-order valence-electron chi connectivity index (χ4n) is 3.62. The van der Waals surface area contributed by atoms with E-state index in [0.717, 1.165) is 43.0 Å². The lowest BCUT2D eigenvalue weighted by atomic mass is 10.1. The minimum absolute atomic E-state index is 0.271. The molecule has 0 aliphatic rings. The van der Waals surface area contributed by atoms with Crippen LogP contribution in [0.25, 0.3) is 32.5 Å². The van der Waals surface area contributed by atoms with Crippen molar-refractivity contribution in [1.82, 2.24) is 0 Å². The van der Waals surface area contributed by atoms with Gasteiger partial charge in [0.1, 0.15) is 15.1 Å². The van der Waals surface area contributed by atoms with Crippen molar-refractivity contribution in [3.63, 3.8) is 0 Å². The number of thiophene rings is 1. The largest absolute Gasteiger partial charge is 0.748 e. The third-order valence-corrected chi connectivity index (χ3v) is 8.00. The monoisotopic (exact) mass is 473 g/mol.